The lowest BCUT2D eigenvalue weighted by Gasteiger charge is -2.29. The van der Waals surface area contributed by atoms with Gasteiger partial charge >= 0.3 is 5.97 Å². The molecule has 0 atom stereocenters. The zero-order valence-electron chi connectivity index (χ0n) is 16.2. The van der Waals surface area contributed by atoms with Crippen molar-refractivity contribution in [3.05, 3.63) is 59.4 Å². The van der Waals surface area contributed by atoms with E-state index in [4.69, 9.17) is 18.9 Å². The fraction of sp³-hybridized carbons (Fsp3) is 0.409. The Bertz CT molecular complexity index is 782. The molecular weight excluding hydrogens is 363 g/mol. The van der Waals surface area contributed by atoms with Crippen LogP contribution in [0.25, 0.3) is 0 Å². The van der Waals surface area contributed by atoms with E-state index in [2.05, 4.69) is 6.92 Å². The average Bonchev–Trinajstić information content (AvgIpc) is 2.73. The molecular formula is C22H25FO5. The van der Waals surface area contributed by atoms with Gasteiger partial charge in [-0.2, -0.15) is 0 Å². The van der Waals surface area contributed by atoms with Gasteiger partial charge in [-0.25, -0.2) is 9.18 Å². The van der Waals surface area contributed by atoms with E-state index < -0.39 is 18.1 Å². The molecule has 28 heavy (non-hydrogen) atoms. The molecule has 1 aliphatic rings. The number of carbonyl (C=O) groups is 1. The van der Waals surface area contributed by atoms with E-state index in [0.29, 0.717) is 37.2 Å². The van der Waals surface area contributed by atoms with Crippen LogP contribution in [0.15, 0.2) is 42.5 Å². The molecule has 3 rings (SSSR count). The maximum atomic E-state index is 14.5. The van der Waals surface area contributed by atoms with Crippen molar-refractivity contribution in [3.63, 3.8) is 0 Å². The van der Waals surface area contributed by atoms with Crippen molar-refractivity contribution >= 4 is 5.97 Å². The monoisotopic (exact) mass is 388 g/mol. The molecule has 0 spiro atoms. The van der Waals surface area contributed by atoms with Crippen LogP contribution in [0.4, 0.5) is 4.39 Å². The summed E-state index contributed by atoms with van der Waals surface area (Å²) in [7, 11) is 0. The number of hydrogen-bond donors (Lipinski definition) is 0. The molecule has 1 saturated heterocycles. The predicted molar refractivity (Wildman–Crippen MR) is 102 cm³/mol. The van der Waals surface area contributed by atoms with Crippen LogP contribution in [-0.4, -0.2) is 25.8 Å². The number of hydrogen-bond acceptors (Lipinski definition) is 5. The van der Waals surface area contributed by atoms with Crippen LogP contribution in [-0.2, 0) is 9.47 Å². The fourth-order valence-corrected chi connectivity index (χ4v) is 2.79. The summed E-state index contributed by atoms with van der Waals surface area (Å²) in [5.41, 5.74) is 0.401. The molecule has 1 aliphatic heterocycles. The normalized spacial score (nSPS) is 19.2. The Morgan fingerprint density at radius 2 is 1.75 bits per heavy atom. The molecule has 0 N–H and O–H groups in total. The highest BCUT2D eigenvalue weighted by molar-refractivity contribution is 5.91. The topological polar surface area (TPSA) is 54.0 Å². The summed E-state index contributed by atoms with van der Waals surface area (Å²) in [6.45, 7) is 5.77. The largest absolute Gasteiger partial charge is 0.494 e. The predicted octanol–water partition coefficient (Wildman–Crippen LogP) is 4.91. The third-order valence-electron chi connectivity index (χ3n) is 4.54. The molecule has 0 amide bonds. The summed E-state index contributed by atoms with van der Waals surface area (Å²) in [6, 6.07) is 10.9. The Morgan fingerprint density at radius 1 is 1.07 bits per heavy atom. The third kappa shape index (κ3) is 5.09. The third-order valence-corrected chi connectivity index (χ3v) is 4.54. The first-order chi connectivity index (χ1) is 13.6. The second-order valence-electron chi connectivity index (χ2n) is 6.72. The van der Waals surface area contributed by atoms with E-state index in [1.54, 1.807) is 24.3 Å². The van der Waals surface area contributed by atoms with Crippen LogP contribution in [0.1, 0.15) is 48.9 Å². The van der Waals surface area contributed by atoms with Crippen LogP contribution in [0.3, 0.4) is 0 Å². The zero-order chi connectivity index (χ0) is 19.9. The summed E-state index contributed by atoms with van der Waals surface area (Å²) < 4.78 is 36.5. The Kier molecular flexibility index (Phi) is 7.01. The van der Waals surface area contributed by atoms with E-state index in [0.717, 1.165) is 18.9 Å². The molecule has 0 saturated carbocycles. The molecule has 5 nitrogen and oxygen atoms in total. The van der Waals surface area contributed by atoms with Gasteiger partial charge in [0.25, 0.3) is 0 Å². The van der Waals surface area contributed by atoms with Crippen LogP contribution in [0, 0.1) is 11.7 Å². The van der Waals surface area contributed by atoms with Gasteiger partial charge < -0.3 is 18.9 Å². The van der Waals surface area contributed by atoms with Crippen LogP contribution in [0.2, 0.25) is 0 Å². The van der Waals surface area contributed by atoms with Crippen LogP contribution in [0.5, 0.6) is 11.5 Å². The molecule has 1 heterocycles. The van der Waals surface area contributed by atoms with E-state index in [-0.39, 0.29) is 11.1 Å². The van der Waals surface area contributed by atoms with Gasteiger partial charge in [-0.15, -0.1) is 0 Å². The number of halogens is 1. The molecule has 0 unspecified atom stereocenters. The van der Waals surface area contributed by atoms with Gasteiger partial charge in [-0.1, -0.05) is 19.9 Å². The lowest BCUT2D eigenvalue weighted by molar-refractivity contribution is -0.206. The molecule has 6 heteroatoms. The number of carbonyl (C=O) groups excluding carboxylic acids is 1. The average molecular weight is 388 g/mol. The Morgan fingerprint density at radius 3 is 2.36 bits per heavy atom. The molecule has 0 aliphatic carbocycles. The maximum absolute atomic E-state index is 14.5. The van der Waals surface area contributed by atoms with Gasteiger partial charge in [0.1, 0.15) is 17.3 Å². The Hall–Kier alpha value is -2.44. The smallest absolute Gasteiger partial charge is 0.343 e. The van der Waals surface area contributed by atoms with Gasteiger partial charge in [-0.05, 0) is 49.2 Å². The molecule has 1 fully saturated rings. The first-order valence-electron chi connectivity index (χ1n) is 9.58. The van der Waals surface area contributed by atoms with Gasteiger partial charge in [0.15, 0.2) is 6.29 Å². The van der Waals surface area contributed by atoms with Crippen molar-refractivity contribution in [2.75, 3.05) is 19.8 Å². The van der Waals surface area contributed by atoms with E-state index in [1.165, 1.54) is 12.1 Å². The lowest BCUT2D eigenvalue weighted by atomic mass is 10.1. The van der Waals surface area contributed by atoms with Crippen LogP contribution >= 0.6 is 0 Å². The van der Waals surface area contributed by atoms with E-state index in [9.17, 15) is 9.18 Å². The highest BCUT2D eigenvalue weighted by atomic mass is 19.1. The molecule has 0 aromatic heterocycles. The minimum absolute atomic E-state index is 0.120. The highest BCUT2D eigenvalue weighted by Crippen LogP contribution is 2.29. The van der Waals surface area contributed by atoms with Crippen molar-refractivity contribution in [2.45, 2.75) is 33.0 Å². The first kappa shape index (κ1) is 20.3. The summed E-state index contributed by atoms with van der Waals surface area (Å²) in [5.74, 6) is 0.201. The highest BCUT2D eigenvalue weighted by Gasteiger charge is 2.25. The SMILES string of the molecule is CCCOc1ccc(OC(=O)c2ccc(C3OCC(CC)CO3)c(F)c2)cc1. The fourth-order valence-electron chi connectivity index (χ4n) is 2.79. The van der Waals surface area contributed by atoms with Gasteiger partial charge in [0, 0.05) is 11.5 Å². The van der Waals surface area contributed by atoms with Crippen molar-refractivity contribution in [1.82, 2.24) is 0 Å². The van der Waals surface area contributed by atoms with E-state index >= 15 is 0 Å². The number of rotatable bonds is 7. The molecule has 0 radical (unpaired) electrons. The maximum Gasteiger partial charge on any atom is 0.343 e. The summed E-state index contributed by atoms with van der Waals surface area (Å²) >= 11 is 0. The molecule has 2 aromatic carbocycles. The van der Waals surface area contributed by atoms with Crippen molar-refractivity contribution < 1.29 is 28.1 Å². The number of esters is 1. The first-order valence-corrected chi connectivity index (χ1v) is 9.58. The molecule has 0 bridgehead atoms. The van der Waals surface area contributed by atoms with Gasteiger partial charge in [0.05, 0.1) is 25.4 Å². The minimum Gasteiger partial charge on any atom is -0.494 e. The number of benzene rings is 2. The van der Waals surface area contributed by atoms with Gasteiger partial charge in [0.2, 0.25) is 0 Å². The van der Waals surface area contributed by atoms with Crippen molar-refractivity contribution in [1.29, 1.82) is 0 Å². The van der Waals surface area contributed by atoms with Crippen molar-refractivity contribution in [2.24, 2.45) is 5.92 Å². The standard InChI is InChI=1S/C22H25FO5/c1-3-11-25-17-6-8-18(9-7-17)28-21(24)16-5-10-19(20(23)12-16)22-26-13-15(4-2)14-27-22/h5-10,12,15,22H,3-4,11,13-14H2,1-2H3. The quantitative estimate of drug-likeness (QED) is 0.499. The second-order valence-corrected chi connectivity index (χ2v) is 6.72. The molecule has 150 valence electrons. The summed E-state index contributed by atoms with van der Waals surface area (Å²) in [4.78, 5) is 12.3. The Labute approximate surface area is 164 Å². The lowest BCUT2D eigenvalue weighted by Crippen LogP contribution is -2.27. The Balaban J connectivity index is 1.62. The van der Waals surface area contributed by atoms with E-state index in [1.807, 2.05) is 6.92 Å². The van der Waals surface area contributed by atoms with Crippen molar-refractivity contribution in [3.8, 4) is 11.5 Å². The van der Waals surface area contributed by atoms with Crippen LogP contribution < -0.4 is 9.47 Å². The van der Waals surface area contributed by atoms with Gasteiger partial charge in [-0.3, -0.25) is 0 Å². The minimum atomic E-state index is -0.747. The number of ether oxygens (including phenoxy) is 4. The second kappa shape index (κ2) is 9.66. The summed E-state index contributed by atoms with van der Waals surface area (Å²) in [5, 5.41) is 0. The molecule has 2 aromatic rings. The zero-order valence-corrected chi connectivity index (χ0v) is 16.2. The summed E-state index contributed by atoms with van der Waals surface area (Å²) in [6.07, 6.45) is 1.11.